The predicted octanol–water partition coefficient (Wildman–Crippen LogP) is -0.286. The SMILES string of the molecule is NC(=O)c1cccc(NC(=O)Cn2cc(C(=O)O)nn2)c1. The number of rotatable bonds is 5. The Morgan fingerprint density at radius 3 is 2.71 bits per heavy atom. The van der Waals surface area contributed by atoms with E-state index in [1.165, 1.54) is 12.1 Å². The summed E-state index contributed by atoms with van der Waals surface area (Å²) in [5.41, 5.74) is 5.55. The second-order valence-electron chi connectivity index (χ2n) is 4.10. The number of benzene rings is 1. The number of carbonyl (C=O) groups is 3. The van der Waals surface area contributed by atoms with Gasteiger partial charge in [0.15, 0.2) is 5.69 Å². The third-order valence-electron chi connectivity index (χ3n) is 2.49. The molecular formula is C12H11N5O4. The summed E-state index contributed by atoms with van der Waals surface area (Å²) in [5.74, 6) is -2.28. The Kier molecular flexibility index (Phi) is 3.93. The van der Waals surface area contributed by atoms with Gasteiger partial charge in [-0.1, -0.05) is 11.3 Å². The summed E-state index contributed by atoms with van der Waals surface area (Å²) in [7, 11) is 0. The molecule has 0 bridgehead atoms. The molecule has 1 heterocycles. The molecule has 0 saturated carbocycles. The number of carbonyl (C=O) groups excluding carboxylic acids is 2. The second-order valence-corrected chi connectivity index (χ2v) is 4.10. The molecule has 0 aliphatic rings. The molecule has 21 heavy (non-hydrogen) atoms. The Morgan fingerprint density at radius 1 is 1.33 bits per heavy atom. The highest BCUT2D eigenvalue weighted by molar-refractivity contribution is 5.96. The lowest BCUT2D eigenvalue weighted by Gasteiger charge is -2.05. The quantitative estimate of drug-likeness (QED) is 0.691. The van der Waals surface area contributed by atoms with Crippen molar-refractivity contribution >= 4 is 23.5 Å². The highest BCUT2D eigenvalue weighted by atomic mass is 16.4. The Hall–Kier alpha value is -3.23. The topological polar surface area (TPSA) is 140 Å². The Morgan fingerprint density at radius 2 is 2.10 bits per heavy atom. The Labute approximate surface area is 118 Å². The minimum Gasteiger partial charge on any atom is -0.476 e. The fourth-order valence-corrected chi connectivity index (χ4v) is 1.57. The van der Waals surface area contributed by atoms with Crippen LogP contribution in [0.4, 0.5) is 5.69 Å². The van der Waals surface area contributed by atoms with Crippen LogP contribution < -0.4 is 11.1 Å². The number of hydrogen-bond donors (Lipinski definition) is 3. The van der Waals surface area contributed by atoms with Gasteiger partial charge in [0.05, 0.1) is 6.20 Å². The van der Waals surface area contributed by atoms with Crippen LogP contribution in [0.1, 0.15) is 20.8 Å². The molecule has 2 rings (SSSR count). The summed E-state index contributed by atoms with van der Waals surface area (Å²) in [6.45, 7) is -0.207. The van der Waals surface area contributed by atoms with Crippen molar-refractivity contribution in [1.82, 2.24) is 15.0 Å². The number of carboxylic acids is 1. The highest BCUT2D eigenvalue weighted by Crippen LogP contribution is 2.10. The molecule has 0 fully saturated rings. The summed E-state index contributed by atoms with van der Waals surface area (Å²) < 4.78 is 1.09. The monoisotopic (exact) mass is 289 g/mol. The van der Waals surface area contributed by atoms with Crippen LogP contribution in [0.25, 0.3) is 0 Å². The zero-order valence-corrected chi connectivity index (χ0v) is 10.7. The molecule has 1 aromatic heterocycles. The number of nitrogens with one attached hydrogen (secondary N) is 1. The van der Waals surface area contributed by atoms with Crippen LogP contribution in [0.15, 0.2) is 30.5 Å². The lowest BCUT2D eigenvalue weighted by molar-refractivity contribution is -0.116. The van der Waals surface area contributed by atoms with Gasteiger partial charge in [-0.25, -0.2) is 9.48 Å². The summed E-state index contributed by atoms with van der Waals surface area (Å²) in [6.07, 6.45) is 1.14. The Balaban J connectivity index is 2.02. The maximum atomic E-state index is 11.8. The minimum atomic E-state index is -1.23. The number of aromatic carboxylic acids is 1. The zero-order chi connectivity index (χ0) is 15.4. The Bertz CT molecular complexity index is 709. The first-order valence-corrected chi connectivity index (χ1v) is 5.79. The summed E-state index contributed by atoms with van der Waals surface area (Å²) in [4.78, 5) is 33.4. The van der Waals surface area contributed by atoms with E-state index in [4.69, 9.17) is 10.8 Å². The maximum Gasteiger partial charge on any atom is 0.358 e. The number of hydrogen-bond acceptors (Lipinski definition) is 5. The van der Waals surface area contributed by atoms with E-state index in [2.05, 4.69) is 15.6 Å². The predicted molar refractivity (Wildman–Crippen MR) is 70.6 cm³/mol. The van der Waals surface area contributed by atoms with Crippen LogP contribution in [0.2, 0.25) is 0 Å². The van der Waals surface area contributed by atoms with E-state index in [-0.39, 0.29) is 17.8 Å². The molecule has 0 atom stereocenters. The number of amides is 2. The molecule has 9 nitrogen and oxygen atoms in total. The lowest BCUT2D eigenvalue weighted by Crippen LogP contribution is -2.19. The summed E-state index contributed by atoms with van der Waals surface area (Å²) in [6, 6.07) is 6.13. The largest absolute Gasteiger partial charge is 0.476 e. The van der Waals surface area contributed by atoms with Crippen LogP contribution in [-0.4, -0.2) is 37.9 Å². The first kappa shape index (κ1) is 14.2. The van der Waals surface area contributed by atoms with Gasteiger partial charge in [-0.2, -0.15) is 0 Å². The average Bonchev–Trinajstić information content (AvgIpc) is 2.87. The molecule has 2 aromatic rings. The second kappa shape index (κ2) is 5.82. The minimum absolute atomic E-state index is 0.207. The van der Waals surface area contributed by atoms with Crippen LogP contribution in [0, 0.1) is 0 Å². The molecule has 0 spiro atoms. The molecule has 0 unspecified atom stereocenters. The van der Waals surface area contributed by atoms with E-state index in [0.717, 1.165) is 10.9 Å². The third kappa shape index (κ3) is 3.62. The van der Waals surface area contributed by atoms with Crippen molar-refractivity contribution in [3.63, 3.8) is 0 Å². The smallest absolute Gasteiger partial charge is 0.358 e. The third-order valence-corrected chi connectivity index (χ3v) is 2.49. The van der Waals surface area contributed by atoms with Gasteiger partial charge in [-0.3, -0.25) is 9.59 Å². The van der Waals surface area contributed by atoms with Gasteiger partial charge >= 0.3 is 5.97 Å². The fourth-order valence-electron chi connectivity index (χ4n) is 1.57. The van der Waals surface area contributed by atoms with Gasteiger partial charge < -0.3 is 16.2 Å². The average molecular weight is 289 g/mol. The van der Waals surface area contributed by atoms with Crippen molar-refractivity contribution in [2.75, 3.05) is 5.32 Å². The maximum absolute atomic E-state index is 11.8. The summed E-state index contributed by atoms with van der Waals surface area (Å²) >= 11 is 0. The summed E-state index contributed by atoms with van der Waals surface area (Å²) in [5, 5.41) is 18.1. The molecule has 4 N–H and O–H groups in total. The number of primary amides is 1. The number of carboxylic acid groups (broad SMARTS) is 1. The van der Waals surface area contributed by atoms with Crippen LogP contribution in [-0.2, 0) is 11.3 Å². The van der Waals surface area contributed by atoms with Crippen molar-refractivity contribution in [3.8, 4) is 0 Å². The van der Waals surface area contributed by atoms with Crippen molar-refractivity contribution in [2.45, 2.75) is 6.54 Å². The molecule has 0 aliphatic carbocycles. The standard InChI is InChI=1S/C12H11N5O4/c13-11(19)7-2-1-3-8(4-7)14-10(18)6-17-5-9(12(20)21)15-16-17/h1-5H,6H2,(H2,13,19)(H,14,18)(H,20,21). The van der Waals surface area contributed by atoms with E-state index >= 15 is 0 Å². The number of nitrogens with two attached hydrogens (primary N) is 1. The van der Waals surface area contributed by atoms with Gasteiger partial charge in [0.2, 0.25) is 11.8 Å². The lowest BCUT2D eigenvalue weighted by atomic mass is 10.2. The molecule has 108 valence electrons. The fraction of sp³-hybridized carbons (Fsp3) is 0.0833. The van der Waals surface area contributed by atoms with E-state index < -0.39 is 17.8 Å². The van der Waals surface area contributed by atoms with E-state index in [0.29, 0.717) is 5.69 Å². The molecule has 0 aliphatic heterocycles. The van der Waals surface area contributed by atoms with E-state index in [9.17, 15) is 14.4 Å². The first-order chi connectivity index (χ1) is 9.95. The van der Waals surface area contributed by atoms with Gasteiger partial charge in [0, 0.05) is 11.3 Å². The zero-order valence-electron chi connectivity index (χ0n) is 10.7. The number of aromatic nitrogens is 3. The highest BCUT2D eigenvalue weighted by Gasteiger charge is 2.11. The van der Waals surface area contributed by atoms with Gasteiger partial charge in [0.25, 0.3) is 0 Å². The van der Waals surface area contributed by atoms with Crippen LogP contribution >= 0.6 is 0 Å². The van der Waals surface area contributed by atoms with Crippen LogP contribution in [0.3, 0.4) is 0 Å². The molecular weight excluding hydrogens is 278 g/mol. The first-order valence-electron chi connectivity index (χ1n) is 5.79. The van der Waals surface area contributed by atoms with Crippen molar-refractivity contribution in [1.29, 1.82) is 0 Å². The van der Waals surface area contributed by atoms with Crippen molar-refractivity contribution < 1.29 is 19.5 Å². The molecule has 2 amide bonds. The molecule has 1 aromatic carbocycles. The van der Waals surface area contributed by atoms with Gasteiger partial charge in [-0.05, 0) is 18.2 Å². The van der Waals surface area contributed by atoms with E-state index in [1.807, 2.05) is 0 Å². The molecule has 0 radical (unpaired) electrons. The van der Waals surface area contributed by atoms with Crippen molar-refractivity contribution in [3.05, 3.63) is 41.7 Å². The van der Waals surface area contributed by atoms with Gasteiger partial charge in [0.1, 0.15) is 6.54 Å². The van der Waals surface area contributed by atoms with Crippen LogP contribution in [0.5, 0.6) is 0 Å². The normalized spacial score (nSPS) is 10.1. The van der Waals surface area contributed by atoms with E-state index in [1.54, 1.807) is 12.1 Å². The number of nitrogens with zero attached hydrogens (tertiary/aromatic N) is 3. The van der Waals surface area contributed by atoms with Crippen molar-refractivity contribution in [2.24, 2.45) is 5.73 Å². The molecule has 0 saturated heterocycles. The molecule has 9 heteroatoms. The van der Waals surface area contributed by atoms with Gasteiger partial charge in [-0.15, -0.1) is 5.10 Å². The number of anilines is 1.